The average molecular weight is 548 g/mol. The predicted molar refractivity (Wildman–Crippen MR) is 133 cm³/mol. The van der Waals surface area contributed by atoms with E-state index in [0.29, 0.717) is 40.8 Å². The lowest BCUT2D eigenvalue weighted by molar-refractivity contribution is -0.167. The minimum Gasteiger partial charge on any atom is -0.497 e. The van der Waals surface area contributed by atoms with Crippen LogP contribution in [0.15, 0.2) is 35.9 Å². The van der Waals surface area contributed by atoms with Gasteiger partial charge in [-0.05, 0) is 66.5 Å². The first-order valence-corrected chi connectivity index (χ1v) is 12.3. The number of rotatable bonds is 10. The number of anilines is 1. The Morgan fingerprint density at radius 1 is 1.15 bits per heavy atom. The third kappa shape index (κ3) is 6.42. The summed E-state index contributed by atoms with van der Waals surface area (Å²) in [4.78, 5) is 35.8. The first kappa shape index (κ1) is 28.2. The normalized spacial score (nSPS) is 16.5. The van der Waals surface area contributed by atoms with Crippen LogP contribution in [0.3, 0.4) is 0 Å². The molecular weight excluding hydrogens is 519 g/mol. The molecule has 11 heteroatoms. The molecule has 2 aromatic rings. The first-order chi connectivity index (χ1) is 18.5. The average Bonchev–Trinajstić information content (AvgIpc) is 3.48. The second-order valence-corrected chi connectivity index (χ2v) is 9.58. The van der Waals surface area contributed by atoms with Crippen molar-refractivity contribution in [3.63, 3.8) is 0 Å². The number of carbonyl (C=O) groups is 3. The van der Waals surface area contributed by atoms with Crippen LogP contribution < -0.4 is 10.1 Å². The van der Waals surface area contributed by atoms with Crippen molar-refractivity contribution >= 4 is 23.5 Å². The number of nitrogens with one attached hydrogen (secondary N) is 1. The molecule has 208 valence electrons. The van der Waals surface area contributed by atoms with E-state index in [-0.39, 0.29) is 49.8 Å². The van der Waals surface area contributed by atoms with Gasteiger partial charge in [0.25, 0.3) is 0 Å². The van der Waals surface area contributed by atoms with Crippen LogP contribution >= 0.6 is 0 Å². The van der Waals surface area contributed by atoms with Crippen LogP contribution in [0.4, 0.5) is 18.9 Å². The van der Waals surface area contributed by atoms with E-state index in [1.165, 1.54) is 0 Å². The molecule has 1 unspecified atom stereocenters. The molecule has 0 saturated carbocycles. The Morgan fingerprint density at radius 2 is 1.87 bits per heavy atom. The number of amides is 1. The summed E-state index contributed by atoms with van der Waals surface area (Å²) in [6, 6.07) is 7.20. The lowest BCUT2D eigenvalue weighted by Crippen LogP contribution is -2.31. The summed E-state index contributed by atoms with van der Waals surface area (Å²) in [6.45, 7) is 1.81. The van der Waals surface area contributed by atoms with Crippen LogP contribution in [0.2, 0.25) is 0 Å². The molecule has 1 atom stereocenters. The second kappa shape index (κ2) is 11.5. The molecule has 2 N–H and O–H groups in total. The zero-order valence-electron chi connectivity index (χ0n) is 21.4. The van der Waals surface area contributed by atoms with Gasteiger partial charge in [-0.3, -0.25) is 9.59 Å². The van der Waals surface area contributed by atoms with Gasteiger partial charge in [0.1, 0.15) is 12.4 Å². The first-order valence-electron chi connectivity index (χ1n) is 12.3. The molecule has 2 aliphatic rings. The number of cyclic esters (lactones) is 1. The molecule has 1 heterocycles. The topological polar surface area (TPSA) is 111 Å². The van der Waals surface area contributed by atoms with E-state index in [1.807, 2.05) is 23.5 Å². The van der Waals surface area contributed by atoms with Gasteiger partial charge in [0.15, 0.2) is 0 Å². The van der Waals surface area contributed by atoms with Gasteiger partial charge in [-0.15, -0.1) is 0 Å². The number of allylic oxidation sites excluding steroid dienone is 1. The monoisotopic (exact) mass is 547 g/mol. The minimum absolute atomic E-state index is 0.00196. The van der Waals surface area contributed by atoms with Crippen LogP contribution in [0.25, 0.3) is 0 Å². The zero-order chi connectivity index (χ0) is 28.3. The number of ether oxygens (including phenoxy) is 3. The Hall–Kier alpha value is -3.86. The maximum Gasteiger partial charge on any atom is 0.471 e. The summed E-state index contributed by atoms with van der Waals surface area (Å²) in [5.74, 6) is -3.50. The summed E-state index contributed by atoms with van der Waals surface area (Å²) >= 11 is 0. The molecule has 2 aromatic carbocycles. The van der Waals surface area contributed by atoms with Crippen molar-refractivity contribution in [1.82, 2.24) is 0 Å². The molecule has 8 nitrogen and oxygen atoms in total. The third-order valence-electron chi connectivity index (χ3n) is 7.00. The lowest BCUT2D eigenvalue weighted by Gasteiger charge is -2.23. The van der Waals surface area contributed by atoms with Crippen molar-refractivity contribution in [3.8, 4) is 5.75 Å². The SMILES string of the molecule is COc1ccc(COCc2c(C)c3c(c(NC(=O)C(F)(F)F)c2CC2C=C(CC(=O)O)CC2)C(=O)OC3)cc1. The second-order valence-electron chi connectivity index (χ2n) is 9.58. The van der Waals surface area contributed by atoms with E-state index in [4.69, 9.17) is 19.3 Å². The third-order valence-corrected chi connectivity index (χ3v) is 7.00. The molecule has 4 rings (SSSR count). The Labute approximate surface area is 222 Å². The molecule has 1 aliphatic heterocycles. The van der Waals surface area contributed by atoms with Gasteiger partial charge < -0.3 is 24.6 Å². The highest BCUT2D eigenvalue weighted by Gasteiger charge is 2.41. The number of esters is 1. The maximum atomic E-state index is 13.3. The van der Waals surface area contributed by atoms with Gasteiger partial charge in [-0.2, -0.15) is 13.2 Å². The van der Waals surface area contributed by atoms with Crippen molar-refractivity contribution in [2.45, 2.75) is 58.6 Å². The number of benzene rings is 2. The molecule has 1 amide bonds. The van der Waals surface area contributed by atoms with E-state index < -0.39 is 24.0 Å². The Balaban J connectivity index is 1.72. The fourth-order valence-corrected chi connectivity index (χ4v) is 5.04. The molecule has 0 fully saturated rings. The molecule has 1 aliphatic carbocycles. The maximum absolute atomic E-state index is 13.3. The number of carboxylic acid groups (broad SMARTS) is 1. The van der Waals surface area contributed by atoms with Gasteiger partial charge in [-0.25, -0.2) is 4.79 Å². The Kier molecular flexibility index (Phi) is 8.29. The van der Waals surface area contributed by atoms with Crippen LogP contribution in [-0.4, -0.2) is 36.2 Å². The molecule has 0 aromatic heterocycles. The van der Waals surface area contributed by atoms with E-state index in [0.717, 1.165) is 11.1 Å². The fraction of sp³-hybridized carbons (Fsp3) is 0.393. The molecule has 0 bridgehead atoms. The molecular formula is C28H28F3NO7. The molecule has 0 radical (unpaired) electrons. The summed E-state index contributed by atoms with van der Waals surface area (Å²) in [6.07, 6.45) is -2.18. The number of carbonyl (C=O) groups excluding carboxylic acids is 2. The Bertz CT molecular complexity index is 1320. The highest BCUT2D eigenvalue weighted by Crippen LogP contribution is 2.41. The highest BCUT2D eigenvalue weighted by atomic mass is 19.4. The van der Waals surface area contributed by atoms with Gasteiger partial charge in [0.05, 0.1) is 38.0 Å². The number of fused-ring (bicyclic) bond motifs is 1. The van der Waals surface area contributed by atoms with E-state index >= 15 is 0 Å². The van der Waals surface area contributed by atoms with Crippen molar-refractivity contribution in [2.75, 3.05) is 12.4 Å². The number of hydrogen-bond acceptors (Lipinski definition) is 6. The zero-order valence-corrected chi connectivity index (χ0v) is 21.4. The van der Waals surface area contributed by atoms with Crippen molar-refractivity contribution < 1.29 is 46.9 Å². The van der Waals surface area contributed by atoms with Gasteiger partial charge in [0, 0.05) is 5.56 Å². The van der Waals surface area contributed by atoms with Crippen LogP contribution in [0.5, 0.6) is 5.75 Å². The predicted octanol–water partition coefficient (Wildman–Crippen LogP) is 5.25. The van der Waals surface area contributed by atoms with Gasteiger partial charge in [-0.1, -0.05) is 23.8 Å². The summed E-state index contributed by atoms with van der Waals surface area (Å²) in [5, 5.41) is 11.1. The fourth-order valence-electron chi connectivity index (χ4n) is 5.04. The molecule has 39 heavy (non-hydrogen) atoms. The summed E-state index contributed by atoms with van der Waals surface area (Å²) in [7, 11) is 1.55. The smallest absolute Gasteiger partial charge is 0.471 e. The quantitative estimate of drug-likeness (QED) is 0.309. The molecule has 0 spiro atoms. The van der Waals surface area contributed by atoms with Crippen LogP contribution in [0.1, 0.15) is 57.4 Å². The van der Waals surface area contributed by atoms with Crippen molar-refractivity contribution in [3.05, 3.63) is 69.3 Å². The number of halogens is 3. The van der Waals surface area contributed by atoms with E-state index in [9.17, 15) is 27.6 Å². The number of hydrogen-bond donors (Lipinski definition) is 2. The van der Waals surface area contributed by atoms with Crippen LogP contribution in [-0.2, 0) is 45.3 Å². The number of carboxylic acids is 1. The standard InChI is InChI=1S/C28H28F3NO7/c1-15-21(13-38-12-16-5-7-19(37-2)8-6-16)20(10-17-3-4-18(9-17)11-23(33)34)25(32-27(36)28(29,30)31)24-22(15)14-39-26(24)35/h5-9,17H,3-4,10-14H2,1-2H3,(H,32,36)(H,33,34). The van der Waals surface area contributed by atoms with Crippen LogP contribution in [0, 0.1) is 12.8 Å². The minimum atomic E-state index is -5.18. The van der Waals surface area contributed by atoms with E-state index in [2.05, 4.69) is 0 Å². The summed E-state index contributed by atoms with van der Waals surface area (Å²) in [5.41, 5.74) is 3.18. The van der Waals surface area contributed by atoms with E-state index in [1.54, 1.807) is 26.2 Å². The van der Waals surface area contributed by atoms with Gasteiger partial charge >= 0.3 is 24.0 Å². The number of alkyl halides is 3. The van der Waals surface area contributed by atoms with Crippen molar-refractivity contribution in [1.29, 1.82) is 0 Å². The number of aliphatic carboxylic acids is 1. The van der Waals surface area contributed by atoms with Crippen molar-refractivity contribution in [2.24, 2.45) is 5.92 Å². The Morgan fingerprint density at radius 3 is 2.51 bits per heavy atom. The largest absolute Gasteiger partial charge is 0.497 e. The number of methoxy groups -OCH3 is 1. The lowest BCUT2D eigenvalue weighted by atomic mass is 9.86. The van der Waals surface area contributed by atoms with Gasteiger partial charge in [0.2, 0.25) is 0 Å². The highest BCUT2D eigenvalue weighted by molar-refractivity contribution is 6.06. The molecule has 0 saturated heterocycles. The summed E-state index contributed by atoms with van der Waals surface area (Å²) < 4.78 is 56.1.